The van der Waals surface area contributed by atoms with Crippen molar-refractivity contribution in [2.24, 2.45) is 0 Å². The lowest BCUT2D eigenvalue weighted by molar-refractivity contribution is 0.179. The van der Waals surface area contributed by atoms with Gasteiger partial charge in [0, 0.05) is 11.3 Å². The number of halogens is 2. The number of thiophene rings is 1. The van der Waals surface area contributed by atoms with E-state index in [1.165, 1.54) is 23.5 Å². The molecule has 0 fully saturated rings. The van der Waals surface area contributed by atoms with Gasteiger partial charge in [0.2, 0.25) is 0 Å². The Morgan fingerprint density at radius 1 is 1.22 bits per heavy atom. The Morgan fingerprint density at radius 3 is 2.72 bits per heavy atom. The predicted octanol–water partition coefficient (Wildman–Crippen LogP) is 3.86. The van der Waals surface area contributed by atoms with Gasteiger partial charge in [-0.1, -0.05) is 19.1 Å². The molecule has 0 spiro atoms. The SMILES string of the molecule is CCc1ccsc1C(O)Cc1cccc(F)c1F. The van der Waals surface area contributed by atoms with Gasteiger partial charge in [0.15, 0.2) is 11.6 Å². The summed E-state index contributed by atoms with van der Waals surface area (Å²) in [5.41, 5.74) is 1.27. The van der Waals surface area contributed by atoms with Crippen LogP contribution in [0.25, 0.3) is 0 Å². The van der Waals surface area contributed by atoms with E-state index < -0.39 is 17.7 Å². The van der Waals surface area contributed by atoms with Crippen molar-refractivity contribution in [1.82, 2.24) is 0 Å². The molecular weight excluding hydrogens is 254 g/mol. The fraction of sp³-hybridized carbons (Fsp3) is 0.286. The molecule has 1 N–H and O–H groups in total. The fourth-order valence-corrected chi connectivity index (χ4v) is 2.92. The monoisotopic (exact) mass is 268 g/mol. The largest absolute Gasteiger partial charge is 0.387 e. The van der Waals surface area contributed by atoms with E-state index in [2.05, 4.69) is 0 Å². The quantitative estimate of drug-likeness (QED) is 0.892. The Labute approximate surface area is 109 Å². The molecule has 96 valence electrons. The second-order valence-corrected chi connectivity index (χ2v) is 5.04. The van der Waals surface area contributed by atoms with E-state index in [0.717, 1.165) is 22.9 Å². The lowest BCUT2D eigenvalue weighted by atomic mass is 10.0. The van der Waals surface area contributed by atoms with Gasteiger partial charge in [-0.15, -0.1) is 11.3 Å². The van der Waals surface area contributed by atoms with E-state index in [-0.39, 0.29) is 12.0 Å². The summed E-state index contributed by atoms with van der Waals surface area (Å²) in [6.07, 6.45) is 0.134. The third-order valence-electron chi connectivity index (χ3n) is 2.91. The summed E-state index contributed by atoms with van der Waals surface area (Å²) in [4.78, 5) is 0.834. The summed E-state index contributed by atoms with van der Waals surface area (Å²) in [6.45, 7) is 2.00. The maximum atomic E-state index is 13.5. The summed E-state index contributed by atoms with van der Waals surface area (Å²) < 4.78 is 26.6. The van der Waals surface area contributed by atoms with Crippen molar-refractivity contribution in [2.45, 2.75) is 25.9 Å². The molecule has 0 aliphatic heterocycles. The Kier molecular flexibility index (Phi) is 4.09. The van der Waals surface area contributed by atoms with E-state index in [9.17, 15) is 13.9 Å². The van der Waals surface area contributed by atoms with Crippen molar-refractivity contribution in [3.63, 3.8) is 0 Å². The Balaban J connectivity index is 2.21. The van der Waals surface area contributed by atoms with Crippen LogP contribution in [0.3, 0.4) is 0 Å². The normalized spacial score (nSPS) is 12.7. The molecule has 1 heterocycles. The number of benzene rings is 1. The van der Waals surface area contributed by atoms with E-state index in [1.54, 1.807) is 0 Å². The highest BCUT2D eigenvalue weighted by Crippen LogP contribution is 2.28. The van der Waals surface area contributed by atoms with Crippen LogP contribution in [-0.2, 0) is 12.8 Å². The van der Waals surface area contributed by atoms with Gasteiger partial charge in [0.25, 0.3) is 0 Å². The number of aliphatic hydroxyl groups is 1. The molecule has 2 rings (SSSR count). The number of rotatable bonds is 4. The number of hydrogen-bond acceptors (Lipinski definition) is 2. The minimum absolute atomic E-state index is 0.0944. The number of aliphatic hydroxyl groups excluding tert-OH is 1. The maximum Gasteiger partial charge on any atom is 0.162 e. The molecule has 18 heavy (non-hydrogen) atoms. The summed E-state index contributed by atoms with van der Waals surface area (Å²) in [6, 6.07) is 5.98. The average Bonchev–Trinajstić information content (AvgIpc) is 2.83. The molecule has 0 aliphatic carbocycles. The molecule has 1 unspecified atom stereocenters. The van der Waals surface area contributed by atoms with E-state index in [0.29, 0.717) is 0 Å². The maximum absolute atomic E-state index is 13.5. The first-order valence-electron chi connectivity index (χ1n) is 5.80. The molecule has 1 aromatic heterocycles. The van der Waals surface area contributed by atoms with Gasteiger partial charge < -0.3 is 5.11 Å². The van der Waals surface area contributed by atoms with Crippen molar-refractivity contribution in [3.8, 4) is 0 Å². The summed E-state index contributed by atoms with van der Waals surface area (Å²) in [7, 11) is 0. The van der Waals surface area contributed by atoms with Crippen molar-refractivity contribution in [2.75, 3.05) is 0 Å². The van der Waals surface area contributed by atoms with Gasteiger partial charge in [-0.2, -0.15) is 0 Å². The zero-order chi connectivity index (χ0) is 13.1. The number of hydrogen-bond donors (Lipinski definition) is 1. The summed E-state index contributed by atoms with van der Waals surface area (Å²) in [5, 5.41) is 12.0. The van der Waals surface area contributed by atoms with E-state index >= 15 is 0 Å². The highest BCUT2D eigenvalue weighted by atomic mass is 32.1. The van der Waals surface area contributed by atoms with Gasteiger partial charge >= 0.3 is 0 Å². The molecule has 2 aromatic rings. The topological polar surface area (TPSA) is 20.2 Å². The average molecular weight is 268 g/mol. The van der Waals surface area contributed by atoms with Gasteiger partial charge in [-0.05, 0) is 35.1 Å². The minimum atomic E-state index is -0.874. The smallest absolute Gasteiger partial charge is 0.162 e. The van der Waals surface area contributed by atoms with E-state index in [1.807, 2.05) is 18.4 Å². The zero-order valence-corrected chi connectivity index (χ0v) is 10.8. The van der Waals surface area contributed by atoms with Crippen LogP contribution in [0.5, 0.6) is 0 Å². The third kappa shape index (κ3) is 2.60. The van der Waals surface area contributed by atoms with Crippen LogP contribution in [0, 0.1) is 11.6 Å². The second-order valence-electron chi connectivity index (χ2n) is 4.10. The van der Waals surface area contributed by atoms with Crippen molar-refractivity contribution < 1.29 is 13.9 Å². The van der Waals surface area contributed by atoms with Gasteiger partial charge in [-0.25, -0.2) is 8.78 Å². The molecule has 1 atom stereocenters. The van der Waals surface area contributed by atoms with Crippen molar-refractivity contribution >= 4 is 11.3 Å². The Morgan fingerprint density at radius 2 is 2.00 bits per heavy atom. The molecule has 0 saturated heterocycles. The Hall–Kier alpha value is -1.26. The van der Waals surface area contributed by atoms with Gasteiger partial charge in [-0.3, -0.25) is 0 Å². The summed E-state index contributed by atoms with van der Waals surface area (Å²) in [5.74, 6) is -1.74. The van der Waals surface area contributed by atoms with Crippen LogP contribution >= 0.6 is 11.3 Å². The molecule has 0 aliphatic rings. The molecule has 4 heteroatoms. The lowest BCUT2D eigenvalue weighted by Crippen LogP contribution is -2.05. The van der Waals surface area contributed by atoms with E-state index in [4.69, 9.17) is 0 Å². The lowest BCUT2D eigenvalue weighted by Gasteiger charge is -2.12. The van der Waals surface area contributed by atoms with Gasteiger partial charge in [0.05, 0.1) is 6.10 Å². The molecule has 0 amide bonds. The molecule has 1 nitrogen and oxygen atoms in total. The van der Waals surface area contributed by atoms with Crippen molar-refractivity contribution in [1.29, 1.82) is 0 Å². The minimum Gasteiger partial charge on any atom is -0.387 e. The van der Waals surface area contributed by atoms with Crippen molar-refractivity contribution in [3.05, 3.63) is 57.3 Å². The zero-order valence-electron chi connectivity index (χ0n) is 9.99. The first kappa shape index (κ1) is 13.2. The molecule has 0 radical (unpaired) electrons. The van der Waals surface area contributed by atoms with Crippen LogP contribution < -0.4 is 0 Å². The molecule has 1 aromatic carbocycles. The van der Waals surface area contributed by atoms with Crippen LogP contribution in [0.1, 0.15) is 29.0 Å². The molecule has 0 bridgehead atoms. The van der Waals surface area contributed by atoms with Gasteiger partial charge in [0.1, 0.15) is 0 Å². The third-order valence-corrected chi connectivity index (χ3v) is 3.97. The fourth-order valence-electron chi connectivity index (χ4n) is 1.94. The van der Waals surface area contributed by atoms with Crippen LogP contribution in [0.15, 0.2) is 29.6 Å². The second kappa shape index (κ2) is 5.59. The number of aryl methyl sites for hydroxylation is 1. The first-order valence-corrected chi connectivity index (χ1v) is 6.68. The Bertz CT molecular complexity index is 536. The molecular formula is C14H14F2OS. The standard InChI is InChI=1S/C14H14F2OS/c1-2-9-6-7-18-14(9)12(17)8-10-4-3-5-11(15)13(10)16/h3-7,12,17H,2,8H2,1H3. The summed E-state index contributed by atoms with van der Waals surface area (Å²) >= 11 is 1.45. The molecule has 0 saturated carbocycles. The van der Waals surface area contributed by atoms with Crippen LogP contribution in [0.2, 0.25) is 0 Å². The van der Waals surface area contributed by atoms with Crippen LogP contribution in [0.4, 0.5) is 8.78 Å². The highest BCUT2D eigenvalue weighted by Gasteiger charge is 2.17. The van der Waals surface area contributed by atoms with Crippen LogP contribution in [-0.4, -0.2) is 5.11 Å². The highest BCUT2D eigenvalue weighted by molar-refractivity contribution is 7.10. The first-order chi connectivity index (χ1) is 8.63. The predicted molar refractivity (Wildman–Crippen MR) is 68.7 cm³/mol.